The topological polar surface area (TPSA) is 47.7 Å². The number of aryl methyl sites for hydroxylation is 1. The van der Waals surface area contributed by atoms with Crippen LogP contribution in [0, 0.1) is 0 Å². The van der Waals surface area contributed by atoms with Crippen molar-refractivity contribution >= 4 is 0 Å². The maximum absolute atomic E-state index is 4.44. The number of nitrogens with zero attached hydrogens (tertiary/aromatic N) is 4. The molecule has 1 fully saturated rings. The standard InChI is InChI=1S/C14H21N5/c1-2-5-19-10-15-7-14(19)9-18-8-13(17-11-18)6-16-12-3-4-12/h7-8,10-12,16H,2-6,9H2,1H3. The van der Waals surface area contributed by atoms with Crippen LogP contribution in [-0.4, -0.2) is 25.1 Å². The van der Waals surface area contributed by atoms with E-state index in [-0.39, 0.29) is 0 Å². The van der Waals surface area contributed by atoms with E-state index in [1.807, 2.05) is 18.9 Å². The third-order valence-electron chi connectivity index (χ3n) is 3.44. The van der Waals surface area contributed by atoms with Gasteiger partial charge in [-0.2, -0.15) is 0 Å². The molecule has 0 spiro atoms. The van der Waals surface area contributed by atoms with Crippen LogP contribution < -0.4 is 5.32 Å². The SMILES string of the molecule is CCCn1cncc1Cn1cnc(CNC2CC2)c1. The van der Waals surface area contributed by atoms with Crippen molar-refractivity contribution in [3.8, 4) is 0 Å². The second kappa shape index (κ2) is 5.57. The van der Waals surface area contributed by atoms with E-state index in [4.69, 9.17) is 0 Å². The van der Waals surface area contributed by atoms with E-state index in [0.29, 0.717) is 0 Å². The van der Waals surface area contributed by atoms with Gasteiger partial charge in [-0.05, 0) is 19.3 Å². The predicted octanol–water partition coefficient (Wildman–Crippen LogP) is 1.79. The Balaban J connectivity index is 1.60. The first-order valence-corrected chi connectivity index (χ1v) is 7.08. The fourth-order valence-corrected chi connectivity index (χ4v) is 2.23. The fraction of sp³-hybridized carbons (Fsp3) is 0.571. The minimum atomic E-state index is 0.733. The molecule has 1 N–H and O–H groups in total. The molecule has 102 valence electrons. The quantitative estimate of drug-likeness (QED) is 0.824. The van der Waals surface area contributed by atoms with E-state index in [2.05, 4.69) is 37.5 Å². The first kappa shape index (κ1) is 12.4. The normalized spacial score (nSPS) is 15.0. The summed E-state index contributed by atoms with van der Waals surface area (Å²) in [5.41, 5.74) is 2.36. The molecule has 5 heteroatoms. The van der Waals surface area contributed by atoms with Crippen LogP contribution in [0.4, 0.5) is 0 Å². The van der Waals surface area contributed by atoms with Crippen LogP contribution in [-0.2, 0) is 19.6 Å². The molecule has 2 aromatic rings. The Hall–Kier alpha value is -1.62. The van der Waals surface area contributed by atoms with E-state index in [1.165, 1.54) is 18.5 Å². The van der Waals surface area contributed by atoms with Crippen LogP contribution in [0.3, 0.4) is 0 Å². The Morgan fingerprint density at radius 3 is 3.05 bits per heavy atom. The highest BCUT2D eigenvalue weighted by Crippen LogP contribution is 2.19. The molecule has 0 aliphatic heterocycles. The van der Waals surface area contributed by atoms with Crippen molar-refractivity contribution < 1.29 is 0 Å². The largest absolute Gasteiger partial charge is 0.333 e. The van der Waals surface area contributed by atoms with Crippen molar-refractivity contribution in [1.82, 2.24) is 24.4 Å². The Morgan fingerprint density at radius 1 is 1.37 bits per heavy atom. The zero-order chi connectivity index (χ0) is 13.1. The average Bonchev–Trinajstić information content (AvgIpc) is 2.98. The van der Waals surface area contributed by atoms with E-state index in [1.54, 1.807) is 0 Å². The number of rotatable bonds is 7. The van der Waals surface area contributed by atoms with Gasteiger partial charge in [-0.15, -0.1) is 0 Å². The number of aromatic nitrogens is 4. The summed E-state index contributed by atoms with van der Waals surface area (Å²) in [5, 5.41) is 3.48. The van der Waals surface area contributed by atoms with Crippen LogP contribution in [0.1, 0.15) is 37.6 Å². The Labute approximate surface area is 113 Å². The highest BCUT2D eigenvalue weighted by molar-refractivity contribution is 5.03. The maximum atomic E-state index is 4.44. The van der Waals surface area contributed by atoms with Crippen molar-refractivity contribution in [1.29, 1.82) is 0 Å². The van der Waals surface area contributed by atoms with E-state index in [9.17, 15) is 0 Å². The minimum absolute atomic E-state index is 0.733. The number of nitrogens with one attached hydrogen (secondary N) is 1. The third-order valence-corrected chi connectivity index (χ3v) is 3.44. The smallest absolute Gasteiger partial charge is 0.0953 e. The molecule has 0 unspecified atom stereocenters. The van der Waals surface area contributed by atoms with Gasteiger partial charge in [-0.1, -0.05) is 6.92 Å². The number of hydrogen-bond donors (Lipinski definition) is 1. The molecule has 0 radical (unpaired) electrons. The van der Waals surface area contributed by atoms with Gasteiger partial charge in [0.25, 0.3) is 0 Å². The average molecular weight is 259 g/mol. The number of imidazole rings is 2. The van der Waals surface area contributed by atoms with Gasteiger partial charge >= 0.3 is 0 Å². The molecule has 0 aromatic carbocycles. The molecule has 19 heavy (non-hydrogen) atoms. The lowest BCUT2D eigenvalue weighted by molar-refractivity contribution is 0.623. The van der Waals surface area contributed by atoms with Gasteiger partial charge < -0.3 is 14.5 Å². The van der Waals surface area contributed by atoms with Crippen LogP contribution in [0.5, 0.6) is 0 Å². The monoisotopic (exact) mass is 259 g/mol. The summed E-state index contributed by atoms with van der Waals surface area (Å²) in [6.07, 6.45) is 11.6. The molecular weight excluding hydrogens is 238 g/mol. The van der Waals surface area contributed by atoms with Crippen LogP contribution >= 0.6 is 0 Å². The lowest BCUT2D eigenvalue weighted by Gasteiger charge is -2.06. The van der Waals surface area contributed by atoms with Gasteiger partial charge in [-0.3, -0.25) is 0 Å². The molecule has 0 bridgehead atoms. The maximum Gasteiger partial charge on any atom is 0.0953 e. The first-order chi connectivity index (χ1) is 9.35. The fourth-order valence-electron chi connectivity index (χ4n) is 2.23. The van der Waals surface area contributed by atoms with E-state index < -0.39 is 0 Å². The molecule has 5 nitrogen and oxygen atoms in total. The highest BCUT2D eigenvalue weighted by atomic mass is 15.1. The third kappa shape index (κ3) is 3.23. The van der Waals surface area contributed by atoms with Gasteiger partial charge in [0.05, 0.1) is 30.6 Å². The van der Waals surface area contributed by atoms with Crippen molar-refractivity contribution in [3.05, 3.63) is 36.4 Å². The molecule has 2 aromatic heterocycles. The molecular formula is C14H21N5. The zero-order valence-corrected chi connectivity index (χ0v) is 11.4. The van der Waals surface area contributed by atoms with Crippen molar-refractivity contribution in [3.63, 3.8) is 0 Å². The van der Waals surface area contributed by atoms with Crippen molar-refractivity contribution in [2.24, 2.45) is 0 Å². The Bertz CT molecular complexity index is 523. The highest BCUT2D eigenvalue weighted by Gasteiger charge is 2.20. The number of hydrogen-bond acceptors (Lipinski definition) is 3. The summed E-state index contributed by atoms with van der Waals surface area (Å²) >= 11 is 0. The first-order valence-electron chi connectivity index (χ1n) is 7.08. The summed E-state index contributed by atoms with van der Waals surface area (Å²) in [5.74, 6) is 0. The molecule has 1 aliphatic carbocycles. The van der Waals surface area contributed by atoms with Gasteiger partial charge in [0.1, 0.15) is 0 Å². The van der Waals surface area contributed by atoms with Crippen LogP contribution in [0.25, 0.3) is 0 Å². The molecule has 3 rings (SSSR count). The van der Waals surface area contributed by atoms with Gasteiger partial charge in [0, 0.05) is 31.5 Å². The molecule has 0 saturated heterocycles. The van der Waals surface area contributed by atoms with Crippen LogP contribution in [0.15, 0.2) is 25.0 Å². The molecule has 1 aliphatic rings. The second-order valence-corrected chi connectivity index (χ2v) is 5.27. The lowest BCUT2D eigenvalue weighted by atomic mass is 10.4. The summed E-state index contributed by atoms with van der Waals surface area (Å²) < 4.78 is 4.34. The Morgan fingerprint density at radius 2 is 2.26 bits per heavy atom. The van der Waals surface area contributed by atoms with Gasteiger partial charge in [0.2, 0.25) is 0 Å². The Kier molecular flexibility index (Phi) is 3.64. The zero-order valence-electron chi connectivity index (χ0n) is 11.4. The molecule has 1 saturated carbocycles. The second-order valence-electron chi connectivity index (χ2n) is 5.27. The van der Waals surface area contributed by atoms with Crippen molar-refractivity contribution in [2.75, 3.05) is 0 Å². The molecule has 2 heterocycles. The summed E-state index contributed by atoms with van der Waals surface area (Å²) in [6, 6.07) is 0.733. The predicted molar refractivity (Wildman–Crippen MR) is 73.7 cm³/mol. The summed E-state index contributed by atoms with van der Waals surface area (Å²) in [7, 11) is 0. The van der Waals surface area contributed by atoms with E-state index in [0.717, 1.165) is 37.8 Å². The van der Waals surface area contributed by atoms with Crippen LogP contribution in [0.2, 0.25) is 0 Å². The summed E-state index contributed by atoms with van der Waals surface area (Å²) in [6.45, 7) is 4.94. The van der Waals surface area contributed by atoms with Gasteiger partial charge in [0.15, 0.2) is 0 Å². The minimum Gasteiger partial charge on any atom is -0.333 e. The van der Waals surface area contributed by atoms with E-state index >= 15 is 0 Å². The van der Waals surface area contributed by atoms with Gasteiger partial charge in [-0.25, -0.2) is 9.97 Å². The van der Waals surface area contributed by atoms with Crippen molar-refractivity contribution in [2.45, 2.75) is 51.9 Å². The lowest BCUT2D eigenvalue weighted by Crippen LogP contribution is -2.15. The molecule has 0 atom stereocenters. The molecule has 0 amide bonds. The summed E-state index contributed by atoms with van der Waals surface area (Å²) in [4.78, 5) is 8.67.